The zero-order valence-electron chi connectivity index (χ0n) is 9.32. The number of rotatable bonds is 2. The number of halogens is 1. The van der Waals surface area contributed by atoms with E-state index in [1.165, 1.54) is 0 Å². The van der Waals surface area contributed by atoms with Crippen LogP contribution in [0.2, 0.25) is 5.02 Å². The van der Waals surface area contributed by atoms with Gasteiger partial charge in [-0.25, -0.2) is 0 Å². The van der Waals surface area contributed by atoms with Crippen LogP contribution in [0.5, 0.6) is 0 Å². The summed E-state index contributed by atoms with van der Waals surface area (Å²) in [5.74, 6) is 1.39. The molecule has 0 aliphatic carbocycles. The lowest BCUT2D eigenvalue weighted by molar-refractivity contribution is 0.366. The molecule has 3 nitrogen and oxygen atoms in total. The Morgan fingerprint density at radius 2 is 2.35 bits per heavy atom. The molecular formula is C13H13ClN2O. The Morgan fingerprint density at radius 3 is 3.12 bits per heavy atom. The van der Waals surface area contributed by atoms with Crippen molar-refractivity contribution in [2.45, 2.75) is 12.3 Å². The first-order chi connectivity index (χ1) is 8.34. The summed E-state index contributed by atoms with van der Waals surface area (Å²) in [6.45, 7) is 2.00. The Bertz CT molecular complexity index is 518. The van der Waals surface area contributed by atoms with Gasteiger partial charge in [0.1, 0.15) is 5.76 Å². The van der Waals surface area contributed by atoms with Crippen molar-refractivity contribution < 1.29 is 4.52 Å². The lowest BCUT2D eigenvalue weighted by atomic mass is 9.98. The molecule has 2 heterocycles. The third-order valence-corrected chi connectivity index (χ3v) is 3.40. The predicted octanol–water partition coefficient (Wildman–Crippen LogP) is 3.07. The van der Waals surface area contributed by atoms with Gasteiger partial charge in [-0.1, -0.05) is 28.9 Å². The molecule has 4 heteroatoms. The van der Waals surface area contributed by atoms with E-state index in [2.05, 4.69) is 10.5 Å². The van der Waals surface area contributed by atoms with Crippen molar-refractivity contribution in [2.24, 2.45) is 0 Å². The average Bonchev–Trinajstić information content (AvgIpc) is 3.00. The minimum Gasteiger partial charge on any atom is -0.360 e. The van der Waals surface area contributed by atoms with E-state index in [0.29, 0.717) is 5.92 Å². The fourth-order valence-corrected chi connectivity index (χ4v) is 2.48. The molecule has 1 aromatic carbocycles. The molecule has 1 saturated heterocycles. The Labute approximate surface area is 105 Å². The summed E-state index contributed by atoms with van der Waals surface area (Å²) >= 11 is 6.01. The normalized spacial score (nSPS) is 19.7. The number of nitrogens with zero attached hydrogens (tertiary/aromatic N) is 1. The Kier molecular flexibility index (Phi) is 2.87. The molecule has 0 radical (unpaired) electrons. The van der Waals surface area contributed by atoms with Crippen molar-refractivity contribution in [1.29, 1.82) is 0 Å². The summed E-state index contributed by atoms with van der Waals surface area (Å²) in [6.07, 6.45) is 2.88. The Morgan fingerprint density at radius 1 is 1.41 bits per heavy atom. The van der Waals surface area contributed by atoms with Crippen molar-refractivity contribution in [1.82, 2.24) is 10.5 Å². The topological polar surface area (TPSA) is 38.1 Å². The van der Waals surface area contributed by atoms with E-state index in [1.807, 2.05) is 24.3 Å². The highest BCUT2D eigenvalue weighted by Gasteiger charge is 2.24. The first-order valence-corrected chi connectivity index (χ1v) is 6.13. The second kappa shape index (κ2) is 4.51. The second-order valence-electron chi connectivity index (χ2n) is 4.30. The summed E-state index contributed by atoms with van der Waals surface area (Å²) in [4.78, 5) is 0. The van der Waals surface area contributed by atoms with Crippen LogP contribution in [-0.4, -0.2) is 18.2 Å². The summed E-state index contributed by atoms with van der Waals surface area (Å²) in [6, 6.07) is 7.79. The minimum absolute atomic E-state index is 0.423. The fraction of sp³-hybridized carbons (Fsp3) is 0.308. The number of benzene rings is 1. The van der Waals surface area contributed by atoms with Gasteiger partial charge in [-0.2, -0.15) is 0 Å². The smallest absolute Gasteiger partial charge is 0.148 e. The van der Waals surface area contributed by atoms with E-state index in [1.54, 1.807) is 6.20 Å². The molecular weight excluding hydrogens is 236 g/mol. The lowest BCUT2D eigenvalue weighted by Gasteiger charge is -2.06. The van der Waals surface area contributed by atoms with E-state index in [9.17, 15) is 0 Å². The highest BCUT2D eigenvalue weighted by molar-refractivity contribution is 6.30. The van der Waals surface area contributed by atoms with Crippen LogP contribution >= 0.6 is 11.6 Å². The van der Waals surface area contributed by atoms with Gasteiger partial charge in [0, 0.05) is 23.0 Å². The summed E-state index contributed by atoms with van der Waals surface area (Å²) in [7, 11) is 0. The van der Waals surface area contributed by atoms with Gasteiger partial charge >= 0.3 is 0 Å². The molecule has 0 saturated carbocycles. The molecule has 2 aromatic rings. The fourth-order valence-electron chi connectivity index (χ4n) is 2.29. The van der Waals surface area contributed by atoms with Crippen molar-refractivity contribution in [3.63, 3.8) is 0 Å². The number of aromatic nitrogens is 1. The molecule has 0 spiro atoms. The quantitative estimate of drug-likeness (QED) is 0.888. The molecule has 1 aromatic heterocycles. The molecule has 1 aliphatic rings. The van der Waals surface area contributed by atoms with Gasteiger partial charge in [0.15, 0.2) is 0 Å². The van der Waals surface area contributed by atoms with Crippen molar-refractivity contribution in [2.75, 3.05) is 13.1 Å². The highest BCUT2D eigenvalue weighted by Crippen LogP contribution is 2.33. The average molecular weight is 249 g/mol. The molecule has 88 valence electrons. The van der Waals surface area contributed by atoms with Crippen molar-refractivity contribution in [3.8, 4) is 11.1 Å². The Hall–Kier alpha value is -1.32. The molecule has 0 bridgehead atoms. The van der Waals surface area contributed by atoms with Crippen LogP contribution in [-0.2, 0) is 0 Å². The van der Waals surface area contributed by atoms with Gasteiger partial charge in [0.2, 0.25) is 0 Å². The SMILES string of the molecule is Clc1cccc(-c2cnoc2C2CCNC2)c1. The summed E-state index contributed by atoms with van der Waals surface area (Å²) < 4.78 is 5.41. The van der Waals surface area contributed by atoms with Gasteiger partial charge in [-0.05, 0) is 30.7 Å². The van der Waals surface area contributed by atoms with Crippen LogP contribution in [0.25, 0.3) is 11.1 Å². The maximum Gasteiger partial charge on any atom is 0.148 e. The van der Waals surface area contributed by atoms with Crippen molar-refractivity contribution >= 4 is 11.6 Å². The zero-order chi connectivity index (χ0) is 11.7. The standard InChI is InChI=1S/C13H13ClN2O/c14-11-3-1-2-9(6-11)12-8-16-17-13(12)10-4-5-15-7-10/h1-3,6,8,10,15H,4-5,7H2. The third kappa shape index (κ3) is 2.08. The largest absolute Gasteiger partial charge is 0.360 e. The maximum atomic E-state index is 6.01. The van der Waals surface area contributed by atoms with E-state index >= 15 is 0 Å². The van der Waals surface area contributed by atoms with E-state index in [0.717, 1.165) is 41.4 Å². The summed E-state index contributed by atoms with van der Waals surface area (Å²) in [5, 5.41) is 8.00. The summed E-state index contributed by atoms with van der Waals surface area (Å²) in [5.41, 5.74) is 2.13. The molecule has 1 unspecified atom stereocenters. The predicted molar refractivity (Wildman–Crippen MR) is 67.2 cm³/mol. The first-order valence-electron chi connectivity index (χ1n) is 5.76. The molecule has 1 N–H and O–H groups in total. The monoisotopic (exact) mass is 248 g/mol. The molecule has 0 amide bonds. The van der Waals surface area contributed by atoms with Gasteiger partial charge in [0.25, 0.3) is 0 Å². The molecule has 17 heavy (non-hydrogen) atoms. The minimum atomic E-state index is 0.423. The second-order valence-corrected chi connectivity index (χ2v) is 4.74. The van der Waals surface area contributed by atoms with Gasteiger partial charge < -0.3 is 9.84 Å². The van der Waals surface area contributed by atoms with Gasteiger partial charge in [-0.3, -0.25) is 0 Å². The molecule has 1 atom stereocenters. The van der Waals surface area contributed by atoms with Crippen LogP contribution in [0.4, 0.5) is 0 Å². The highest BCUT2D eigenvalue weighted by atomic mass is 35.5. The van der Waals surface area contributed by atoms with E-state index in [-0.39, 0.29) is 0 Å². The van der Waals surface area contributed by atoms with E-state index < -0.39 is 0 Å². The first kappa shape index (κ1) is 10.8. The third-order valence-electron chi connectivity index (χ3n) is 3.17. The van der Waals surface area contributed by atoms with Crippen LogP contribution in [0.1, 0.15) is 18.1 Å². The number of hydrogen-bond donors (Lipinski definition) is 1. The Balaban J connectivity index is 2.00. The van der Waals surface area contributed by atoms with Crippen LogP contribution in [0, 0.1) is 0 Å². The van der Waals surface area contributed by atoms with Gasteiger partial charge in [0.05, 0.1) is 6.20 Å². The number of hydrogen-bond acceptors (Lipinski definition) is 3. The maximum absolute atomic E-state index is 6.01. The van der Waals surface area contributed by atoms with Crippen LogP contribution in [0.15, 0.2) is 35.0 Å². The van der Waals surface area contributed by atoms with E-state index in [4.69, 9.17) is 16.1 Å². The molecule has 1 fully saturated rings. The lowest BCUT2D eigenvalue weighted by Crippen LogP contribution is -2.07. The van der Waals surface area contributed by atoms with Gasteiger partial charge in [-0.15, -0.1) is 0 Å². The molecule has 3 rings (SSSR count). The molecule has 1 aliphatic heterocycles. The van der Waals surface area contributed by atoms with Crippen LogP contribution < -0.4 is 5.32 Å². The van der Waals surface area contributed by atoms with Crippen molar-refractivity contribution in [3.05, 3.63) is 41.2 Å². The zero-order valence-corrected chi connectivity index (χ0v) is 10.1. The number of nitrogens with one attached hydrogen (secondary N) is 1. The van der Waals surface area contributed by atoms with Crippen LogP contribution in [0.3, 0.4) is 0 Å².